The summed E-state index contributed by atoms with van der Waals surface area (Å²) in [6.07, 6.45) is 0. The third-order valence-electron chi connectivity index (χ3n) is 2.47. The number of carbonyl (C=O) groups is 1. The molecule has 0 aliphatic rings. The number of esters is 1. The highest BCUT2D eigenvalue weighted by Gasteiger charge is 2.12. The number of anilines is 1. The van der Waals surface area contributed by atoms with Crippen LogP contribution in [0.1, 0.15) is 15.9 Å². The molecule has 0 saturated heterocycles. The van der Waals surface area contributed by atoms with Crippen LogP contribution in [0.2, 0.25) is 5.02 Å². The van der Waals surface area contributed by atoms with Gasteiger partial charge in [0.15, 0.2) is 0 Å². The summed E-state index contributed by atoms with van der Waals surface area (Å²) in [5.74, 6) is -0.431. The topological polar surface area (TPSA) is 52.3 Å². The van der Waals surface area contributed by atoms with Crippen LogP contribution in [-0.2, 0) is 11.3 Å². The summed E-state index contributed by atoms with van der Waals surface area (Å²) in [6.45, 7) is 0.167. The largest absolute Gasteiger partial charge is 0.457 e. The van der Waals surface area contributed by atoms with Gasteiger partial charge in [-0.25, -0.2) is 4.79 Å². The Morgan fingerprint density at radius 1 is 1.26 bits per heavy atom. The molecule has 2 rings (SSSR count). The molecule has 0 fully saturated rings. The molecule has 19 heavy (non-hydrogen) atoms. The summed E-state index contributed by atoms with van der Waals surface area (Å²) in [4.78, 5) is 11.9. The van der Waals surface area contributed by atoms with E-state index in [2.05, 4.69) is 15.9 Å². The van der Waals surface area contributed by atoms with Gasteiger partial charge in [-0.3, -0.25) is 0 Å². The van der Waals surface area contributed by atoms with Crippen molar-refractivity contribution >= 4 is 39.2 Å². The van der Waals surface area contributed by atoms with E-state index in [0.717, 1.165) is 5.56 Å². The fourth-order valence-corrected chi connectivity index (χ4v) is 2.17. The lowest BCUT2D eigenvalue weighted by molar-refractivity contribution is 0.0471. The van der Waals surface area contributed by atoms with Crippen LogP contribution in [0.25, 0.3) is 0 Å². The normalized spacial score (nSPS) is 10.2. The molecule has 2 aromatic rings. The minimum atomic E-state index is -0.431. The smallest absolute Gasteiger partial charge is 0.339 e. The highest BCUT2D eigenvalue weighted by molar-refractivity contribution is 9.10. The van der Waals surface area contributed by atoms with E-state index < -0.39 is 5.97 Å². The highest BCUT2D eigenvalue weighted by Crippen LogP contribution is 2.21. The summed E-state index contributed by atoms with van der Waals surface area (Å²) in [6, 6.07) is 12.2. The number of ether oxygens (including phenoxy) is 1. The molecule has 0 heterocycles. The van der Waals surface area contributed by atoms with Gasteiger partial charge in [0.1, 0.15) is 6.61 Å². The van der Waals surface area contributed by atoms with Crippen molar-refractivity contribution in [2.45, 2.75) is 6.61 Å². The van der Waals surface area contributed by atoms with Crippen molar-refractivity contribution in [3.8, 4) is 0 Å². The standard InChI is InChI=1S/C14H11BrClNO2/c15-13-5-4-11(17)7-12(13)14(18)19-8-9-2-1-3-10(16)6-9/h1-7H,8,17H2. The molecule has 0 aliphatic carbocycles. The molecule has 5 heteroatoms. The summed E-state index contributed by atoms with van der Waals surface area (Å²) >= 11 is 9.15. The molecular formula is C14H11BrClNO2. The Morgan fingerprint density at radius 3 is 2.79 bits per heavy atom. The molecule has 0 saturated carbocycles. The van der Waals surface area contributed by atoms with E-state index in [1.807, 2.05) is 12.1 Å². The van der Waals surface area contributed by atoms with Gasteiger partial charge < -0.3 is 10.5 Å². The van der Waals surface area contributed by atoms with Gasteiger partial charge >= 0.3 is 5.97 Å². The summed E-state index contributed by atoms with van der Waals surface area (Å²) in [5.41, 5.74) is 7.40. The number of carbonyl (C=O) groups excluding carboxylic acids is 1. The van der Waals surface area contributed by atoms with Crippen molar-refractivity contribution in [2.24, 2.45) is 0 Å². The third kappa shape index (κ3) is 3.72. The van der Waals surface area contributed by atoms with E-state index in [4.69, 9.17) is 22.1 Å². The van der Waals surface area contributed by atoms with Crippen molar-refractivity contribution in [2.75, 3.05) is 5.73 Å². The van der Waals surface area contributed by atoms with Crippen molar-refractivity contribution < 1.29 is 9.53 Å². The maximum atomic E-state index is 11.9. The average Bonchev–Trinajstić information content (AvgIpc) is 2.39. The maximum absolute atomic E-state index is 11.9. The summed E-state index contributed by atoms with van der Waals surface area (Å²) in [5, 5.41) is 0.610. The zero-order chi connectivity index (χ0) is 13.8. The van der Waals surface area contributed by atoms with Gasteiger partial charge in [0.25, 0.3) is 0 Å². The second kappa shape index (κ2) is 6.08. The minimum absolute atomic E-state index is 0.167. The number of halogens is 2. The predicted octanol–water partition coefficient (Wildman–Crippen LogP) is 4.04. The van der Waals surface area contributed by atoms with Crippen LogP contribution in [0.3, 0.4) is 0 Å². The molecule has 0 spiro atoms. The Labute approximate surface area is 124 Å². The molecule has 0 amide bonds. The number of nitrogens with two attached hydrogens (primary N) is 1. The van der Waals surface area contributed by atoms with Gasteiger partial charge in [-0.2, -0.15) is 0 Å². The molecule has 0 aromatic heterocycles. The fourth-order valence-electron chi connectivity index (χ4n) is 1.55. The Kier molecular flexibility index (Phi) is 4.45. The molecule has 0 bridgehead atoms. The van der Waals surface area contributed by atoms with Crippen molar-refractivity contribution in [1.82, 2.24) is 0 Å². The first-order valence-electron chi connectivity index (χ1n) is 5.53. The maximum Gasteiger partial charge on any atom is 0.339 e. The zero-order valence-electron chi connectivity index (χ0n) is 9.90. The van der Waals surface area contributed by atoms with E-state index in [0.29, 0.717) is 20.7 Å². The lowest BCUT2D eigenvalue weighted by Crippen LogP contribution is -2.06. The number of hydrogen-bond acceptors (Lipinski definition) is 3. The Hall–Kier alpha value is -1.52. The quantitative estimate of drug-likeness (QED) is 0.677. The Morgan fingerprint density at radius 2 is 2.05 bits per heavy atom. The minimum Gasteiger partial charge on any atom is -0.457 e. The van der Waals surface area contributed by atoms with Crippen LogP contribution >= 0.6 is 27.5 Å². The van der Waals surface area contributed by atoms with Crippen LogP contribution in [0, 0.1) is 0 Å². The van der Waals surface area contributed by atoms with Crippen LogP contribution in [0.4, 0.5) is 5.69 Å². The van der Waals surface area contributed by atoms with E-state index in [-0.39, 0.29) is 6.61 Å². The molecule has 0 aliphatic heterocycles. The van der Waals surface area contributed by atoms with E-state index >= 15 is 0 Å². The van der Waals surface area contributed by atoms with Gasteiger partial charge in [0.05, 0.1) is 5.56 Å². The van der Waals surface area contributed by atoms with Crippen molar-refractivity contribution in [3.63, 3.8) is 0 Å². The summed E-state index contributed by atoms with van der Waals surface area (Å²) < 4.78 is 5.87. The summed E-state index contributed by atoms with van der Waals surface area (Å²) in [7, 11) is 0. The van der Waals surface area contributed by atoms with E-state index in [9.17, 15) is 4.79 Å². The van der Waals surface area contributed by atoms with Gasteiger partial charge in [0, 0.05) is 15.2 Å². The SMILES string of the molecule is Nc1ccc(Br)c(C(=O)OCc2cccc(Cl)c2)c1. The van der Waals surface area contributed by atoms with Gasteiger partial charge in [-0.1, -0.05) is 23.7 Å². The third-order valence-corrected chi connectivity index (χ3v) is 3.40. The average molecular weight is 341 g/mol. The molecule has 2 aromatic carbocycles. The van der Waals surface area contributed by atoms with Gasteiger partial charge in [0.2, 0.25) is 0 Å². The fraction of sp³-hybridized carbons (Fsp3) is 0.0714. The van der Waals surface area contributed by atoms with Crippen molar-refractivity contribution in [3.05, 3.63) is 63.1 Å². The molecule has 98 valence electrons. The molecular weight excluding hydrogens is 330 g/mol. The van der Waals surface area contributed by atoms with E-state index in [1.54, 1.807) is 30.3 Å². The lowest BCUT2D eigenvalue weighted by atomic mass is 10.2. The first-order valence-corrected chi connectivity index (χ1v) is 6.70. The molecule has 0 atom stereocenters. The molecule has 0 unspecified atom stereocenters. The Balaban J connectivity index is 2.07. The van der Waals surface area contributed by atoms with Crippen LogP contribution in [-0.4, -0.2) is 5.97 Å². The predicted molar refractivity (Wildman–Crippen MR) is 79.1 cm³/mol. The van der Waals surface area contributed by atoms with Crippen LogP contribution in [0.5, 0.6) is 0 Å². The number of benzene rings is 2. The first kappa shape index (κ1) is 13.9. The second-order valence-corrected chi connectivity index (χ2v) is 5.24. The molecule has 3 nitrogen and oxygen atoms in total. The molecule has 2 N–H and O–H groups in total. The lowest BCUT2D eigenvalue weighted by Gasteiger charge is -2.07. The second-order valence-electron chi connectivity index (χ2n) is 3.95. The Bertz CT molecular complexity index is 616. The number of rotatable bonds is 3. The van der Waals surface area contributed by atoms with Crippen LogP contribution in [0.15, 0.2) is 46.9 Å². The zero-order valence-corrected chi connectivity index (χ0v) is 12.2. The van der Waals surface area contributed by atoms with Gasteiger partial charge in [-0.05, 0) is 51.8 Å². The van der Waals surface area contributed by atoms with E-state index in [1.165, 1.54) is 0 Å². The first-order chi connectivity index (χ1) is 9.06. The highest BCUT2D eigenvalue weighted by atomic mass is 79.9. The van der Waals surface area contributed by atoms with Crippen LogP contribution < -0.4 is 5.73 Å². The number of nitrogen functional groups attached to an aromatic ring is 1. The van der Waals surface area contributed by atoms with Crippen molar-refractivity contribution in [1.29, 1.82) is 0 Å². The number of hydrogen-bond donors (Lipinski definition) is 1. The monoisotopic (exact) mass is 339 g/mol. The van der Waals surface area contributed by atoms with Gasteiger partial charge in [-0.15, -0.1) is 0 Å². The molecule has 0 radical (unpaired) electrons.